The molecule has 1 aromatic heterocycles. The molecule has 0 aliphatic carbocycles. The molecule has 1 heterocycles. The molecule has 0 aromatic carbocycles. The SMILES string of the molecule is CN(CCC#N)S(=O)(=O)c1cnccc1C(F)(F)F. The number of halogens is 3. The molecule has 0 amide bonds. The minimum absolute atomic E-state index is 0.114. The van der Waals surface area contributed by atoms with Crippen molar-refractivity contribution in [3.8, 4) is 6.07 Å². The molecule has 0 aliphatic rings. The van der Waals surface area contributed by atoms with Gasteiger partial charge in [-0.3, -0.25) is 4.98 Å². The summed E-state index contributed by atoms with van der Waals surface area (Å²) in [6.45, 7) is -0.189. The van der Waals surface area contributed by atoms with Crippen LogP contribution in [0.3, 0.4) is 0 Å². The maximum absolute atomic E-state index is 12.7. The number of hydrogen-bond acceptors (Lipinski definition) is 4. The summed E-state index contributed by atoms with van der Waals surface area (Å²) in [6, 6.07) is 2.33. The van der Waals surface area contributed by atoms with Crippen molar-refractivity contribution < 1.29 is 21.6 Å². The molecule has 0 unspecified atom stereocenters. The van der Waals surface area contributed by atoms with Crippen LogP contribution in [0.25, 0.3) is 0 Å². The second-order valence-electron chi connectivity index (χ2n) is 3.60. The van der Waals surface area contributed by atoms with Crippen LogP contribution in [-0.2, 0) is 16.2 Å². The molecular formula is C10H10F3N3O2S. The molecule has 19 heavy (non-hydrogen) atoms. The summed E-state index contributed by atoms with van der Waals surface area (Å²) in [7, 11) is -3.21. The molecule has 0 N–H and O–H groups in total. The van der Waals surface area contributed by atoms with Crippen LogP contribution in [0.2, 0.25) is 0 Å². The monoisotopic (exact) mass is 293 g/mol. The molecule has 0 aliphatic heterocycles. The molecule has 1 rings (SSSR count). The van der Waals surface area contributed by atoms with Crippen molar-refractivity contribution in [3.63, 3.8) is 0 Å². The van der Waals surface area contributed by atoms with Gasteiger partial charge in [0.1, 0.15) is 4.90 Å². The van der Waals surface area contributed by atoms with Crippen LogP contribution < -0.4 is 0 Å². The molecule has 1 aromatic rings. The number of pyridine rings is 1. The Kier molecular flexibility index (Phi) is 4.49. The molecule has 9 heteroatoms. The van der Waals surface area contributed by atoms with Gasteiger partial charge < -0.3 is 0 Å². The second-order valence-corrected chi connectivity index (χ2v) is 5.62. The Hall–Kier alpha value is -1.66. The number of hydrogen-bond donors (Lipinski definition) is 0. The highest BCUT2D eigenvalue weighted by Gasteiger charge is 2.38. The van der Waals surface area contributed by atoms with Crippen LogP contribution in [0, 0.1) is 11.3 Å². The van der Waals surface area contributed by atoms with Gasteiger partial charge in [-0.25, -0.2) is 8.42 Å². The van der Waals surface area contributed by atoms with E-state index in [1.807, 2.05) is 0 Å². The Morgan fingerprint density at radius 3 is 2.63 bits per heavy atom. The number of nitrogens with zero attached hydrogens (tertiary/aromatic N) is 3. The lowest BCUT2D eigenvalue weighted by molar-refractivity contribution is -0.140. The van der Waals surface area contributed by atoms with Gasteiger partial charge in [0, 0.05) is 32.4 Å². The van der Waals surface area contributed by atoms with Gasteiger partial charge in [-0.05, 0) is 6.07 Å². The lowest BCUT2D eigenvalue weighted by atomic mass is 10.3. The quantitative estimate of drug-likeness (QED) is 0.845. The zero-order chi connectivity index (χ0) is 14.7. The Morgan fingerprint density at radius 2 is 2.11 bits per heavy atom. The van der Waals surface area contributed by atoms with Crippen LogP contribution in [-0.4, -0.2) is 31.3 Å². The smallest absolute Gasteiger partial charge is 0.263 e. The molecule has 0 fully saturated rings. The zero-order valence-electron chi connectivity index (χ0n) is 9.85. The molecule has 0 atom stereocenters. The van der Waals surface area contributed by atoms with E-state index in [1.165, 1.54) is 0 Å². The summed E-state index contributed by atoms with van der Waals surface area (Å²) in [5.41, 5.74) is -1.27. The van der Waals surface area contributed by atoms with E-state index in [1.54, 1.807) is 6.07 Å². The van der Waals surface area contributed by atoms with Gasteiger partial charge in [0.15, 0.2) is 0 Å². The van der Waals surface area contributed by atoms with Gasteiger partial charge in [0.2, 0.25) is 10.0 Å². The third-order valence-corrected chi connectivity index (χ3v) is 4.20. The minimum atomic E-state index is -4.79. The summed E-state index contributed by atoms with van der Waals surface area (Å²) in [5.74, 6) is 0. The first-order valence-corrected chi connectivity index (χ1v) is 6.49. The van der Waals surface area contributed by atoms with Crippen molar-refractivity contribution >= 4 is 10.0 Å². The van der Waals surface area contributed by atoms with Crippen molar-refractivity contribution in [2.45, 2.75) is 17.5 Å². The van der Waals surface area contributed by atoms with Crippen molar-refractivity contribution in [2.75, 3.05) is 13.6 Å². The van der Waals surface area contributed by atoms with Crippen LogP contribution >= 0.6 is 0 Å². The fourth-order valence-corrected chi connectivity index (χ4v) is 2.64. The lowest BCUT2D eigenvalue weighted by Crippen LogP contribution is -2.29. The molecule has 0 spiro atoms. The zero-order valence-corrected chi connectivity index (χ0v) is 10.7. The summed E-state index contributed by atoms with van der Waals surface area (Å²) in [5, 5.41) is 8.37. The highest BCUT2D eigenvalue weighted by Crippen LogP contribution is 2.34. The molecule has 0 radical (unpaired) electrons. The first kappa shape index (κ1) is 15.4. The van der Waals surface area contributed by atoms with Crippen LogP contribution in [0.4, 0.5) is 13.2 Å². The van der Waals surface area contributed by atoms with Gasteiger partial charge in [0.25, 0.3) is 0 Å². The van der Waals surface area contributed by atoms with Crippen molar-refractivity contribution in [1.29, 1.82) is 5.26 Å². The molecule has 5 nitrogen and oxygen atoms in total. The predicted octanol–water partition coefficient (Wildman–Crippen LogP) is 1.63. The Balaban J connectivity index is 3.27. The lowest BCUT2D eigenvalue weighted by Gasteiger charge is -2.18. The normalized spacial score (nSPS) is 12.4. The minimum Gasteiger partial charge on any atom is -0.263 e. The van der Waals surface area contributed by atoms with E-state index in [9.17, 15) is 21.6 Å². The van der Waals surface area contributed by atoms with E-state index >= 15 is 0 Å². The molecule has 0 bridgehead atoms. The standard InChI is InChI=1S/C10H10F3N3O2S/c1-16(6-2-4-14)19(17,18)9-7-15-5-3-8(9)10(11,12)13/h3,5,7H,2,6H2,1H3. The summed E-state index contributed by atoms with van der Waals surface area (Å²) < 4.78 is 62.9. The van der Waals surface area contributed by atoms with Crippen LogP contribution in [0.15, 0.2) is 23.4 Å². The van der Waals surface area contributed by atoms with Crippen molar-refractivity contribution in [3.05, 3.63) is 24.0 Å². The number of sulfonamides is 1. The Labute approximate surface area is 108 Å². The molecule has 0 saturated carbocycles. The van der Waals surface area contributed by atoms with E-state index in [-0.39, 0.29) is 13.0 Å². The maximum atomic E-state index is 12.7. The number of rotatable bonds is 4. The maximum Gasteiger partial charge on any atom is 0.417 e. The number of aromatic nitrogens is 1. The fraction of sp³-hybridized carbons (Fsp3) is 0.400. The third-order valence-electron chi connectivity index (χ3n) is 2.32. The first-order chi connectivity index (χ1) is 8.71. The molecular weight excluding hydrogens is 283 g/mol. The second kappa shape index (κ2) is 5.54. The number of alkyl halides is 3. The predicted molar refractivity (Wildman–Crippen MR) is 59.3 cm³/mol. The fourth-order valence-electron chi connectivity index (χ4n) is 1.32. The van der Waals surface area contributed by atoms with Gasteiger partial charge in [-0.1, -0.05) is 0 Å². The van der Waals surface area contributed by atoms with Crippen LogP contribution in [0.1, 0.15) is 12.0 Å². The summed E-state index contributed by atoms with van der Waals surface area (Å²) in [4.78, 5) is 2.50. The molecule has 0 saturated heterocycles. The van der Waals surface area contributed by atoms with Gasteiger partial charge in [-0.15, -0.1) is 0 Å². The average molecular weight is 293 g/mol. The van der Waals surface area contributed by atoms with E-state index in [2.05, 4.69) is 4.98 Å². The van der Waals surface area contributed by atoms with Crippen molar-refractivity contribution in [1.82, 2.24) is 9.29 Å². The first-order valence-electron chi connectivity index (χ1n) is 5.05. The van der Waals surface area contributed by atoms with E-state index in [0.29, 0.717) is 16.6 Å². The summed E-state index contributed by atoms with van der Waals surface area (Å²) in [6.07, 6.45) is -3.38. The van der Waals surface area contributed by atoms with Crippen molar-refractivity contribution in [2.24, 2.45) is 0 Å². The van der Waals surface area contributed by atoms with Gasteiger partial charge in [0.05, 0.1) is 11.6 Å². The Morgan fingerprint density at radius 1 is 1.47 bits per heavy atom. The molecule has 104 valence electrons. The highest BCUT2D eigenvalue weighted by atomic mass is 32.2. The Bertz CT molecular complexity index is 593. The van der Waals surface area contributed by atoms with Gasteiger partial charge in [-0.2, -0.15) is 22.7 Å². The van der Waals surface area contributed by atoms with Crippen LogP contribution in [0.5, 0.6) is 0 Å². The van der Waals surface area contributed by atoms with E-state index in [4.69, 9.17) is 5.26 Å². The summed E-state index contributed by atoms with van der Waals surface area (Å²) >= 11 is 0. The van der Waals surface area contributed by atoms with E-state index in [0.717, 1.165) is 13.2 Å². The third kappa shape index (κ3) is 3.42. The largest absolute Gasteiger partial charge is 0.417 e. The van der Waals surface area contributed by atoms with Gasteiger partial charge >= 0.3 is 6.18 Å². The highest BCUT2D eigenvalue weighted by molar-refractivity contribution is 7.89. The topological polar surface area (TPSA) is 74.1 Å². The number of nitriles is 1. The van der Waals surface area contributed by atoms with E-state index < -0.39 is 26.7 Å². The average Bonchev–Trinajstić information content (AvgIpc) is 2.34.